The summed E-state index contributed by atoms with van der Waals surface area (Å²) in [6, 6.07) is 14.7. The lowest BCUT2D eigenvalue weighted by Gasteiger charge is -2.28. The monoisotopic (exact) mass is 365 g/mol. The SMILES string of the molecule is COc1ccc(C2=NC(C)(C)N(CC(=O)Nc3ccc(C)cc3)C2=O)cc1. The number of aliphatic imine (C=N–C) groups is 1. The van der Waals surface area contributed by atoms with Crippen LogP contribution in [0.3, 0.4) is 0 Å². The molecule has 6 nitrogen and oxygen atoms in total. The number of nitrogens with one attached hydrogen (secondary N) is 1. The number of hydrogen-bond donors (Lipinski definition) is 1. The number of rotatable bonds is 5. The maximum Gasteiger partial charge on any atom is 0.275 e. The number of hydrogen-bond acceptors (Lipinski definition) is 4. The first-order valence-corrected chi connectivity index (χ1v) is 8.73. The molecule has 6 heteroatoms. The van der Waals surface area contributed by atoms with Gasteiger partial charge in [-0.05, 0) is 57.2 Å². The van der Waals surface area contributed by atoms with Gasteiger partial charge in [0.25, 0.3) is 5.91 Å². The fraction of sp³-hybridized carbons (Fsp3) is 0.286. The minimum atomic E-state index is -0.795. The predicted molar refractivity (Wildman–Crippen MR) is 105 cm³/mol. The van der Waals surface area contributed by atoms with E-state index < -0.39 is 5.66 Å². The lowest BCUT2D eigenvalue weighted by molar-refractivity contribution is -0.131. The van der Waals surface area contributed by atoms with Crippen molar-refractivity contribution in [3.8, 4) is 5.75 Å². The minimum absolute atomic E-state index is 0.0666. The Labute approximate surface area is 158 Å². The van der Waals surface area contributed by atoms with E-state index in [1.54, 1.807) is 31.4 Å². The van der Waals surface area contributed by atoms with Crippen LogP contribution in [0.4, 0.5) is 5.69 Å². The van der Waals surface area contributed by atoms with E-state index in [1.807, 2.05) is 45.0 Å². The Balaban J connectivity index is 1.73. The summed E-state index contributed by atoms with van der Waals surface area (Å²) in [5, 5.41) is 2.82. The number of nitrogens with zero attached hydrogens (tertiary/aromatic N) is 2. The maximum absolute atomic E-state index is 12.9. The van der Waals surface area contributed by atoms with Gasteiger partial charge >= 0.3 is 0 Å². The van der Waals surface area contributed by atoms with Crippen LogP contribution < -0.4 is 10.1 Å². The zero-order chi connectivity index (χ0) is 19.6. The third-order valence-electron chi connectivity index (χ3n) is 4.49. The van der Waals surface area contributed by atoms with Crippen LogP contribution >= 0.6 is 0 Å². The smallest absolute Gasteiger partial charge is 0.275 e. The molecule has 0 spiro atoms. The molecule has 2 aromatic carbocycles. The third-order valence-corrected chi connectivity index (χ3v) is 4.49. The number of anilines is 1. The van der Waals surface area contributed by atoms with Gasteiger partial charge in [-0.2, -0.15) is 0 Å². The van der Waals surface area contributed by atoms with Gasteiger partial charge in [-0.25, -0.2) is 0 Å². The number of benzene rings is 2. The Kier molecular flexibility index (Phi) is 4.99. The van der Waals surface area contributed by atoms with Crippen molar-refractivity contribution in [1.29, 1.82) is 0 Å². The normalized spacial score (nSPS) is 15.5. The summed E-state index contributed by atoms with van der Waals surface area (Å²) in [7, 11) is 1.59. The van der Waals surface area contributed by atoms with Crippen molar-refractivity contribution in [3.63, 3.8) is 0 Å². The molecule has 1 aliphatic rings. The molecule has 0 saturated carbocycles. The summed E-state index contributed by atoms with van der Waals surface area (Å²) in [5.41, 5.74) is 2.07. The van der Waals surface area contributed by atoms with Crippen molar-refractivity contribution in [1.82, 2.24) is 4.90 Å². The van der Waals surface area contributed by atoms with Gasteiger partial charge in [0.05, 0.1) is 7.11 Å². The summed E-state index contributed by atoms with van der Waals surface area (Å²) in [6.07, 6.45) is 0. The summed E-state index contributed by atoms with van der Waals surface area (Å²) in [4.78, 5) is 31.4. The number of ether oxygens (including phenoxy) is 1. The molecule has 27 heavy (non-hydrogen) atoms. The highest BCUT2D eigenvalue weighted by Gasteiger charge is 2.41. The number of methoxy groups -OCH3 is 1. The van der Waals surface area contributed by atoms with Gasteiger partial charge in [-0.1, -0.05) is 17.7 Å². The third kappa shape index (κ3) is 4.00. The lowest BCUT2D eigenvalue weighted by Crippen LogP contribution is -2.46. The highest BCUT2D eigenvalue weighted by atomic mass is 16.5. The molecule has 0 aromatic heterocycles. The second kappa shape index (κ2) is 7.23. The van der Waals surface area contributed by atoms with Crippen LogP contribution in [-0.4, -0.2) is 41.7 Å². The standard InChI is InChI=1S/C21H23N3O3/c1-14-5-9-16(10-6-14)22-18(25)13-24-20(26)19(23-21(24,2)3)15-7-11-17(27-4)12-8-15/h5-12H,13H2,1-4H3,(H,22,25). The largest absolute Gasteiger partial charge is 0.497 e. The molecular formula is C21H23N3O3. The summed E-state index contributed by atoms with van der Waals surface area (Å²) >= 11 is 0. The van der Waals surface area contributed by atoms with Gasteiger partial charge in [0.15, 0.2) is 0 Å². The van der Waals surface area contributed by atoms with Crippen LogP contribution in [-0.2, 0) is 9.59 Å². The number of amides is 2. The van der Waals surface area contributed by atoms with E-state index in [9.17, 15) is 9.59 Å². The average Bonchev–Trinajstić information content (AvgIpc) is 2.87. The summed E-state index contributed by atoms with van der Waals surface area (Å²) < 4.78 is 5.15. The molecule has 0 unspecified atom stereocenters. The lowest BCUT2D eigenvalue weighted by atomic mass is 10.1. The summed E-state index contributed by atoms with van der Waals surface area (Å²) in [6.45, 7) is 5.55. The molecule has 1 aliphatic heterocycles. The molecule has 0 saturated heterocycles. The molecule has 1 heterocycles. The highest BCUT2D eigenvalue weighted by molar-refractivity contribution is 6.47. The van der Waals surface area contributed by atoms with E-state index in [1.165, 1.54) is 4.90 Å². The second-order valence-corrected chi connectivity index (χ2v) is 6.99. The molecule has 2 aromatic rings. The first-order valence-electron chi connectivity index (χ1n) is 8.73. The minimum Gasteiger partial charge on any atom is -0.497 e. The van der Waals surface area contributed by atoms with Crippen molar-refractivity contribution < 1.29 is 14.3 Å². The van der Waals surface area contributed by atoms with Crippen molar-refractivity contribution >= 4 is 23.2 Å². The molecule has 140 valence electrons. The van der Waals surface area contributed by atoms with Crippen molar-refractivity contribution in [3.05, 3.63) is 59.7 Å². The van der Waals surface area contributed by atoms with Crippen LogP contribution in [0.15, 0.2) is 53.5 Å². The van der Waals surface area contributed by atoms with Gasteiger partial charge in [-0.3, -0.25) is 14.6 Å². The zero-order valence-electron chi connectivity index (χ0n) is 15.9. The molecule has 0 fully saturated rings. The first-order chi connectivity index (χ1) is 12.8. The molecule has 3 rings (SSSR count). The Hall–Kier alpha value is -3.15. The van der Waals surface area contributed by atoms with Crippen LogP contribution in [0, 0.1) is 6.92 Å². The van der Waals surface area contributed by atoms with Gasteiger partial charge < -0.3 is 15.0 Å². The fourth-order valence-electron chi connectivity index (χ4n) is 2.94. The van der Waals surface area contributed by atoms with Crippen LogP contribution in [0.2, 0.25) is 0 Å². The number of carbonyl (C=O) groups excluding carboxylic acids is 2. The van der Waals surface area contributed by atoms with Gasteiger partial charge in [-0.15, -0.1) is 0 Å². The Bertz CT molecular complexity index is 884. The molecule has 0 radical (unpaired) electrons. The maximum atomic E-state index is 12.9. The first kappa shape index (κ1) is 18.6. The Morgan fingerprint density at radius 2 is 1.74 bits per heavy atom. The molecule has 1 N–H and O–H groups in total. The van der Waals surface area contributed by atoms with Gasteiger partial charge in [0, 0.05) is 11.3 Å². The fourth-order valence-corrected chi connectivity index (χ4v) is 2.94. The van der Waals surface area contributed by atoms with Crippen LogP contribution in [0.25, 0.3) is 0 Å². The van der Waals surface area contributed by atoms with Gasteiger partial charge in [0.1, 0.15) is 23.7 Å². The van der Waals surface area contributed by atoms with Crippen molar-refractivity contribution in [2.45, 2.75) is 26.4 Å². The molecule has 2 amide bonds. The van der Waals surface area contributed by atoms with E-state index in [0.717, 1.165) is 5.56 Å². The zero-order valence-corrected chi connectivity index (χ0v) is 15.9. The molecular weight excluding hydrogens is 342 g/mol. The van der Waals surface area contributed by atoms with E-state index >= 15 is 0 Å². The summed E-state index contributed by atoms with van der Waals surface area (Å²) in [5.74, 6) is 0.189. The molecule has 0 aliphatic carbocycles. The number of aryl methyl sites for hydroxylation is 1. The molecule has 0 bridgehead atoms. The van der Waals surface area contributed by atoms with E-state index in [-0.39, 0.29) is 18.4 Å². The van der Waals surface area contributed by atoms with Crippen molar-refractivity contribution in [2.75, 3.05) is 19.0 Å². The van der Waals surface area contributed by atoms with Crippen LogP contribution in [0.1, 0.15) is 25.0 Å². The van der Waals surface area contributed by atoms with Crippen LogP contribution in [0.5, 0.6) is 5.75 Å². The van der Waals surface area contributed by atoms with Gasteiger partial charge in [0.2, 0.25) is 5.91 Å². The molecule has 0 atom stereocenters. The number of carbonyl (C=O) groups is 2. The van der Waals surface area contributed by atoms with Crippen molar-refractivity contribution in [2.24, 2.45) is 4.99 Å². The van der Waals surface area contributed by atoms with E-state index in [2.05, 4.69) is 10.3 Å². The second-order valence-electron chi connectivity index (χ2n) is 6.99. The Morgan fingerprint density at radius 1 is 1.11 bits per heavy atom. The quantitative estimate of drug-likeness (QED) is 0.885. The van der Waals surface area contributed by atoms with E-state index in [0.29, 0.717) is 22.7 Å². The topological polar surface area (TPSA) is 71.0 Å². The van der Waals surface area contributed by atoms with E-state index in [4.69, 9.17) is 4.74 Å². The highest BCUT2D eigenvalue weighted by Crippen LogP contribution is 2.27. The Morgan fingerprint density at radius 3 is 2.33 bits per heavy atom. The average molecular weight is 365 g/mol. The predicted octanol–water partition coefficient (Wildman–Crippen LogP) is 3.01.